The largest absolute Gasteiger partial charge is 0.121 e. The lowest BCUT2D eigenvalue weighted by Crippen LogP contribution is -1.77. The number of thioether (sulfide) groups is 5. The van der Waals surface area contributed by atoms with Crippen LogP contribution in [-0.4, -0.2) is 12.5 Å². The number of allylic oxidation sites excluding steroid dienone is 3. The van der Waals surface area contributed by atoms with Gasteiger partial charge in [0.15, 0.2) is 0 Å². The standard InChI is InChI=1S/C10H10S5/c1-11-9-10(12-2)15-8(14-9)7-3-5-13-6-4-7/h3-6H,1-2H3. The third-order valence-corrected chi connectivity index (χ3v) is 7.67. The zero-order valence-corrected chi connectivity index (χ0v) is 12.4. The van der Waals surface area contributed by atoms with Gasteiger partial charge in [0.05, 0.1) is 12.7 Å². The number of hydrogen-bond donors (Lipinski definition) is 0. The SMILES string of the molecule is CSC1=C(SC)SC(=C2C=CSC=C2)S1. The minimum Gasteiger partial charge on any atom is -0.121 e. The second-order valence-corrected chi connectivity index (χ2v) is 7.94. The maximum atomic E-state index is 2.20. The Bertz CT molecular complexity index is 343. The molecule has 80 valence electrons. The average Bonchev–Trinajstić information content (AvgIpc) is 2.73. The van der Waals surface area contributed by atoms with Gasteiger partial charge in [-0.05, 0) is 41.1 Å². The lowest BCUT2D eigenvalue weighted by molar-refractivity contribution is 1.75. The first-order valence-electron chi connectivity index (χ1n) is 4.26. The summed E-state index contributed by atoms with van der Waals surface area (Å²) in [5.74, 6) is 0. The van der Waals surface area contributed by atoms with Gasteiger partial charge in [-0.2, -0.15) is 0 Å². The zero-order valence-electron chi connectivity index (χ0n) is 8.35. The van der Waals surface area contributed by atoms with Crippen molar-refractivity contribution in [3.63, 3.8) is 0 Å². The number of rotatable bonds is 2. The van der Waals surface area contributed by atoms with E-state index in [1.165, 1.54) is 18.3 Å². The Morgan fingerprint density at radius 3 is 1.93 bits per heavy atom. The van der Waals surface area contributed by atoms with Crippen LogP contribution in [0.2, 0.25) is 0 Å². The van der Waals surface area contributed by atoms with Crippen LogP contribution in [0.25, 0.3) is 0 Å². The summed E-state index contributed by atoms with van der Waals surface area (Å²) in [6, 6.07) is 0. The highest BCUT2D eigenvalue weighted by Crippen LogP contribution is 2.57. The first-order valence-corrected chi connectivity index (χ1v) is 9.28. The molecule has 0 N–H and O–H groups in total. The first-order chi connectivity index (χ1) is 7.35. The monoisotopic (exact) mass is 290 g/mol. The molecule has 0 amide bonds. The quantitative estimate of drug-likeness (QED) is 0.674. The summed E-state index contributed by atoms with van der Waals surface area (Å²) < 4.78 is 4.29. The molecule has 0 fully saturated rings. The normalized spacial score (nSPS) is 20.7. The van der Waals surface area contributed by atoms with Gasteiger partial charge in [0, 0.05) is 0 Å². The fourth-order valence-electron chi connectivity index (χ4n) is 1.10. The zero-order chi connectivity index (χ0) is 10.7. The van der Waals surface area contributed by atoms with E-state index < -0.39 is 0 Å². The van der Waals surface area contributed by atoms with Gasteiger partial charge in [0.25, 0.3) is 0 Å². The van der Waals surface area contributed by atoms with E-state index in [1.54, 1.807) is 11.8 Å². The molecule has 0 saturated heterocycles. The Labute approximate surface area is 112 Å². The molecular weight excluding hydrogens is 280 g/mol. The van der Waals surface area contributed by atoms with Crippen LogP contribution in [0.5, 0.6) is 0 Å². The van der Waals surface area contributed by atoms with Gasteiger partial charge in [-0.1, -0.05) is 23.5 Å². The van der Waals surface area contributed by atoms with Gasteiger partial charge in [0.2, 0.25) is 0 Å². The van der Waals surface area contributed by atoms with E-state index in [0.717, 1.165) is 0 Å². The molecule has 0 aromatic heterocycles. The molecule has 2 rings (SSSR count). The summed E-state index contributed by atoms with van der Waals surface area (Å²) >= 11 is 9.23. The molecule has 2 aliphatic rings. The number of hydrogen-bond acceptors (Lipinski definition) is 5. The summed E-state index contributed by atoms with van der Waals surface area (Å²) in [6.45, 7) is 0. The van der Waals surface area contributed by atoms with Crippen LogP contribution in [0, 0.1) is 0 Å². The highest BCUT2D eigenvalue weighted by Gasteiger charge is 2.21. The molecule has 2 aliphatic heterocycles. The third-order valence-electron chi connectivity index (χ3n) is 1.80. The minimum absolute atomic E-state index is 1.35. The predicted molar refractivity (Wildman–Crippen MR) is 82.1 cm³/mol. The van der Waals surface area contributed by atoms with Crippen molar-refractivity contribution >= 4 is 58.8 Å². The second-order valence-electron chi connectivity index (χ2n) is 2.67. The van der Waals surface area contributed by atoms with Crippen LogP contribution in [0.15, 0.2) is 41.3 Å². The van der Waals surface area contributed by atoms with Crippen LogP contribution < -0.4 is 0 Å². The van der Waals surface area contributed by atoms with Crippen LogP contribution >= 0.6 is 58.8 Å². The molecule has 0 aromatic carbocycles. The molecule has 0 unspecified atom stereocenters. The fourth-order valence-corrected chi connectivity index (χ4v) is 6.64. The molecular formula is C10H10S5. The van der Waals surface area contributed by atoms with Gasteiger partial charge >= 0.3 is 0 Å². The van der Waals surface area contributed by atoms with Crippen molar-refractivity contribution in [3.8, 4) is 0 Å². The summed E-state index contributed by atoms with van der Waals surface area (Å²) in [5, 5.41) is 4.28. The Balaban J connectivity index is 2.21. The molecule has 0 aromatic rings. The van der Waals surface area contributed by atoms with E-state index in [9.17, 15) is 0 Å². The maximum absolute atomic E-state index is 2.20. The predicted octanol–water partition coefficient (Wildman–Crippen LogP) is 5.30. The molecule has 0 spiro atoms. The average molecular weight is 291 g/mol. The van der Waals surface area contributed by atoms with Gasteiger partial charge in [0.1, 0.15) is 0 Å². The van der Waals surface area contributed by atoms with E-state index in [-0.39, 0.29) is 0 Å². The minimum atomic E-state index is 1.35. The molecule has 15 heavy (non-hydrogen) atoms. The van der Waals surface area contributed by atoms with Crippen LogP contribution in [0.3, 0.4) is 0 Å². The topological polar surface area (TPSA) is 0 Å². The summed E-state index contributed by atoms with van der Waals surface area (Å²) in [6.07, 6.45) is 8.69. The van der Waals surface area contributed by atoms with Crippen molar-refractivity contribution in [2.24, 2.45) is 0 Å². The van der Waals surface area contributed by atoms with Crippen molar-refractivity contribution in [2.75, 3.05) is 12.5 Å². The van der Waals surface area contributed by atoms with Gasteiger partial charge in [-0.15, -0.1) is 35.3 Å². The van der Waals surface area contributed by atoms with Crippen molar-refractivity contribution in [2.45, 2.75) is 0 Å². The van der Waals surface area contributed by atoms with E-state index in [2.05, 4.69) is 35.5 Å². The van der Waals surface area contributed by atoms with Crippen LogP contribution in [-0.2, 0) is 0 Å². The van der Waals surface area contributed by atoms with Crippen molar-refractivity contribution in [1.82, 2.24) is 0 Å². The maximum Gasteiger partial charge on any atom is 0.0657 e. The Hall–Kier alpha value is 0.710. The Morgan fingerprint density at radius 1 is 0.933 bits per heavy atom. The Kier molecular flexibility index (Phi) is 4.76. The van der Waals surface area contributed by atoms with Crippen LogP contribution in [0.4, 0.5) is 0 Å². The smallest absolute Gasteiger partial charge is 0.0657 e. The van der Waals surface area contributed by atoms with E-state index in [0.29, 0.717) is 0 Å². The van der Waals surface area contributed by atoms with Crippen molar-refractivity contribution in [1.29, 1.82) is 0 Å². The molecule has 0 bridgehead atoms. The van der Waals surface area contributed by atoms with E-state index >= 15 is 0 Å². The summed E-state index contributed by atoms with van der Waals surface area (Å²) in [5.41, 5.74) is 1.35. The lowest BCUT2D eigenvalue weighted by Gasteiger charge is -2.03. The summed E-state index contributed by atoms with van der Waals surface area (Å²) in [7, 11) is 0. The first kappa shape index (κ1) is 12.2. The highest BCUT2D eigenvalue weighted by molar-refractivity contribution is 8.40. The molecule has 0 radical (unpaired) electrons. The van der Waals surface area contributed by atoms with Gasteiger partial charge in [-0.25, -0.2) is 0 Å². The third kappa shape index (κ3) is 2.88. The summed E-state index contributed by atoms with van der Waals surface area (Å²) in [4.78, 5) is 0. The van der Waals surface area contributed by atoms with Crippen LogP contribution in [0.1, 0.15) is 0 Å². The van der Waals surface area contributed by atoms with Gasteiger partial charge < -0.3 is 0 Å². The fraction of sp³-hybridized carbons (Fsp3) is 0.200. The van der Waals surface area contributed by atoms with Crippen molar-refractivity contribution < 1.29 is 0 Å². The van der Waals surface area contributed by atoms with Crippen molar-refractivity contribution in [3.05, 3.63) is 41.3 Å². The molecule has 5 heteroatoms. The second kappa shape index (κ2) is 5.87. The molecule has 0 saturated carbocycles. The Morgan fingerprint density at radius 2 is 1.47 bits per heavy atom. The molecule has 0 atom stereocenters. The van der Waals surface area contributed by atoms with E-state index in [1.807, 2.05) is 47.0 Å². The highest BCUT2D eigenvalue weighted by atomic mass is 32.3. The lowest BCUT2D eigenvalue weighted by atomic mass is 10.3. The molecule has 2 heterocycles. The van der Waals surface area contributed by atoms with E-state index in [4.69, 9.17) is 0 Å². The van der Waals surface area contributed by atoms with Gasteiger partial charge in [-0.3, -0.25) is 0 Å². The molecule has 0 aliphatic carbocycles. The molecule has 0 nitrogen and oxygen atoms in total.